The predicted octanol–water partition coefficient (Wildman–Crippen LogP) is 1.96. The lowest BCUT2D eigenvalue weighted by Crippen LogP contribution is -2.01. The molecule has 1 heterocycles. The molecule has 0 unspecified atom stereocenters. The average Bonchev–Trinajstić information content (AvgIpc) is 2.75. The van der Waals surface area contributed by atoms with Crippen LogP contribution in [0.4, 0.5) is 4.39 Å². The highest BCUT2D eigenvalue weighted by Gasteiger charge is 2.12. The molecule has 0 radical (unpaired) electrons. The molecule has 2 rings (SSSR count). The van der Waals surface area contributed by atoms with E-state index >= 15 is 0 Å². The van der Waals surface area contributed by atoms with Crippen LogP contribution in [0.2, 0.25) is 0 Å². The molecule has 18 heavy (non-hydrogen) atoms. The van der Waals surface area contributed by atoms with Crippen LogP contribution >= 0.6 is 0 Å². The third-order valence-corrected chi connectivity index (χ3v) is 2.67. The summed E-state index contributed by atoms with van der Waals surface area (Å²) in [6.07, 6.45) is 0.932. The van der Waals surface area contributed by atoms with E-state index in [1.165, 1.54) is 12.1 Å². The van der Waals surface area contributed by atoms with Crippen LogP contribution in [0.15, 0.2) is 34.9 Å². The first kappa shape index (κ1) is 12.7. The molecule has 0 N–H and O–H groups in total. The lowest BCUT2D eigenvalue weighted by molar-refractivity contribution is 0.256. The van der Waals surface area contributed by atoms with E-state index in [0.717, 1.165) is 6.26 Å². The minimum atomic E-state index is -3.55. The minimum absolute atomic E-state index is 0.207. The first-order valence-corrected chi connectivity index (χ1v) is 6.82. The van der Waals surface area contributed by atoms with Gasteiger partial charge in [0.15, 0.2) is 5.76 Å². The molecule has 5 nitrogen and oxygen atoms in total. The number of halogens is 1. The second-order valence-electron chi connectivity index (χ2n) is 3.62. The van der Waals surface area contributed by atoms with Gasteiger partial charge in [0.1, 0.15) is 18.1 Å². The third-order valence-electron chi connectivity index (χ3n) is 2.12. The summed E-state index contributed by atoms with van der Waals surface area (Å²) < 4.78 is 44.4. The zero-order chi connectivity index (χ0) is 13.2. The second-order valence-corrected chi connectivity index (χ2v) is 5.27. The van der Waals surface area contributed by atoms with Gasteiger partial charge in [-0.05, 0) is 12.1 Å². The zero-order valence-corrected chi connectivity index (χ0v) is 10.3. The zero-order valence-electron chi connectivity index (χ0n) is 9.46. The van der Waals surface area contributed by atoms with Crippen LogP contribution in [-0.4, -0.2) is 19.8 Å². The summed E-state index contributed by atoms with van der Waals surface area (Å²) >= 11 is 0. The van der Waals surface area contributed by atoms with Crippen molar-refractivity contribution in [1.29, 1.82) is 0 Å². The van der Waals surface area contributed by atoms with E-state index in [4.69, 9.17) is 4.52 Å². The van der Waals surface area contributed by atoms with E-state index in [1.807, 2.05) is 0 Å². The Morgan fingerprint density at radius 2 is 2.11 bits per heavy atom. The molecule has 0 saturated carbocycles. The molecule has 0 amide bonds. The highest BCUT2D eigenvalue weighted by atomic mass is 32.2. The van der Waals surface area contributed by atoms with Gasteiger partial charge >= 0.3 is 0 Å². The molecule has 96 valence electrons. The van der Waals surface area contributed by atoms with E-state index in [2.05, 4.69) is 9.34 Å². The van der Waals surface area contributed by atoms with Gasteiger partial charge < -0.3 is 4.52 Å². The summed E-state index contributed by atoms with van der Waals surface area (Å²) in [6.45, 7) is -0.264. The molecule has 0 spiro atoms. The van der Waals surface area contributed by atoms with Crippen molar-refractivity contribution in [3.8, 4) is 11.3 Å². The van der Waals surface area contributed by atoms with Gasteiger partial charge in [-0.25, -0.2) is 4.39 Å². The maximum atomic E-state index is 13.5. The number of rotatable bonds is 4. The topological polar surface area (TPSA) is 69.4 Å². The molecule has 1 aromatic carbocycles. The Morgan fingerprint density at radius 3 is 2.78 bits per heavy atom. The Hall–Kier alpha value is -1.73. The highest BCUT2D eigenvalue weighted by Crippen LogP contribution is 2.22. The van der Waals surface area contributed by atoms with Gasteiger partial charge in [0, 0.05) is 11.6 Å². The lowest BCUT2D eigenvalue weighted by Gasteiger charge is -1.96. The molecule has 0 fully saturated rings. The van der Waals surface area contributed by atoms with Crippen LogP contribution in [-0.2, 0) is 20.9 Å². The van der Waals surface area contributed by atoms with Crippen molar-refractivity contribution in [1.82, 2.24) is 5.16 Å². The Balaban J connectivity index is 2.19. The molecule has 0 aliphatic heterocycles. The number of nitrogens with zero attached hydrogens (tertiary/aromatic N) is 1. The SMILES string of the molecule is CS(=O)(=O)OCc1cc(-c2ccccc2F)no1. The van der Waals surface area contributed by atoms with E-state index in [1.54, 1.807) is 18.2 Å². The fourth-order valence-corrected chi connectivity index (χ4v) is 1.67. The Labute approximate surface area is 103 Å². The Kier molecular flexibility index (Phi) is 3.44. The molecule has 0 bridgehead atoms. The summed E-state index contributed by atoms with van der Waals surface area (Å²) in [4.78, 5) is 0. The molecule has 7 heteroatoms. The van der Waals surface area contributed by atoms with Crippen molar-refractivity contribution < 1.29 is 21.5 Å². The fraction of sp³-hybridized carbons (Fsp3) is 0.182. The quantitative estimate of drug-likeness (QED) is 0.795. The molecular formula is C11H10FNO4S. The van der Waals surface area contributed by atoms with Crippen molar-refractivity contribution in [2.75, 3.05) is 6.26 Å². The summed E-state index contributed by atoms with van der Waals surface area (Å²) in [6, 6.07) is 7.51. The summed E-state index contributed by atoms with van der Waals surface area (Å²) in [5.41, 5.74) is 0.576. The maximum absolute atomic E-state index is 13.5. The monoisotopic (exact) mass is 271 g/mol. The van der Waals surface area contributed by atoms with Crippen molar-refractivity contribution in [2.24, 2.45) is 0 Å². The van der Waals surface area contributed by atoms with Crippen LogP contribution in [0.5, 0.6) is 0 Å². The predicted molar refractivity (Wildman–Crippen MR) is 61.5 cm³/mol. The molecule has 0 aliphatic rings. The normalized spacial score (nSPS) is 11.7. The summed E-state index contributed by atoms with van der Waals surface area (Å²) in [5.74, 6) is -0.222. The molecule has 1 aromatic heterocycles. The maximum Gasteiger partial charge on any atom is 0.264 e. The van der Waals surface area contributed by atoms with E-state index < -0.39 is 15.9 Å². The smallest absolute Gasteiger partial charge is 0.264 e. The molecular weight excluding hydrogens is 261 g/mol. The van der Waals surface area contributed by atoms with Gasteiger partial charge in [-0.2, -0.15) is 8.42 Å². The van der Waals surface area contributed by atoms with Crippen molar-refractivity contribution in [3.05, 3.63) is 41.9 Å². The van der Waals surface area contributed by atoms with Crippen LogP contribution in [0.3, 0.4) is 0 Å². The van der Waals surface area contributed by atoms with Gasteiger partial charge in [-0.1, -0.05) is 17.3 Å². The third kappa shape index (κ3) is 3.14. The van der Waals surface area contributed by atoms with Gasteiger partial charge in [0.05, 0.1) is 6.26 Å². The number of benzene rings is 1. The molecule has 0 aliphatic carbocycles. The average molecular weight is 271 g/mol. The van der Waals surface area contributed by atoms with Gasteiger partial charge in [0.2, 0.25) is 0 Å². The van der Waals surface area contributed by atoms with Crippen LogP contribution < -0.4 is 0 Å². The first-order valence-electron chi connectivity index (χ1n) is 5.00. The lowest BCUT2D eigenvalue weighted by atomic mass is 10.1. The number of aromatic nitrogens is 1. The summed E-state index contributed by atoms with van der Waals surface area (Å²) in [5, 5.41) is 3.66. The molecule has 0 atom stereocenters. The van der Waals surface area contributed by atoms with Crippen molar-refractivity contribution in [3.63, 3.8) is 0 Å². The number of hydrogen-bond donors (Lipinski definition) is 0. The van der Waals surface area contributed by atoms with Crippen molar-refractivity contribution >= 4 is 10.1 Å². The second kappa shape index (κ2) is 4.87. The standard InChI is InChI=1S/C11H10FNO4S/c1-18(14,15)16-7-8-6-11(13-17-8)9-4-2-3-5-10(9)12/h2-6H,7H2,1H3. The van der Waals surface area contributed by atoms with Crippen LogP contribution in [0.1, 0.15) is 5.76 Å². The highest BCUT2D eigenvalue weighted by molar-refractivity contribution is 7.85. The van der Waals surface area contributed by atoms with E-state index in [-0.39, 0.29) is 17.9 Å². The van der Waals surface area contributed by atoms with Gasteiger partial charge in [-0.15, -0.1) is 0 Å². The fourth-order valence-electron chi connectivity index (χ4n) is 1.34. The van der Waals surface area contributed by atoms with Crippen molar-refractivity contribution in [2.45, 2.75) is 6.61 Å². The number of hydrogen-bond acceptors (Lipinski definition) is 5. The largest absolute Gasteiger partial charge is 0.358 e. The molecule has 2 aromatic rings. The van der Waals surface area contributed by atoms with Gasteiger partial charge in [-0.3, -0.25) is 4.18 Å². The van der Waals surface area contributed by atoms with Crippen LogP contribution in [0, 0.1) is 5.82 Å². The van der Waals surface area contributed by atoms with Gasteiger partial charge in [0.25, 0.3) is 10.1 Å². The first-order chi connectivity index (χ1) is 8.46. The summed E-state index contributed by atoms with van der Waals surface area (Å²) in [7, 11) is -3.55. The van der Waals surface area contributed by atoms with E-state index in [9.17, 15) is 12.8 Å². The Bertz CT molecular complexity index is 651. The Morgan fingerprint density at radius 1 is 1.39 bits per heavy atom. The van der Waals surface area contributed by atoms with E-state index in [0.29, 0.717) is 5.69 Å². The van der Waals surface area contributed by atoms with Crippen LogP contribution in [0.25, 0.3) is 11.3 Å². The minimum Gasteiger partial charge on any atom is -0.358 e. The molecule has 0 saturated heterocycles.